The molecule has 2 heterocycles. The van der Waals surface area contributed by atoms with Gasteiger partial charge in [-0.15, -0.1) is 0 Å². The molecule has 9 atom stereocenters. The molecule has 0 amide bonds. The Bertz CT molecular complexity index is 2820. The van der Waals surface area contributed by atoms with E-state index in [-0.39, 0.29) is 35.1 Å². The zero-order chi connectivity index (χ0) is 84.6. The number of Topliss-reactive ketones (excluding diaryl/α,β-unsaturated/α-hetero) is 1. The van der Waals surface area contributed by atoms with E-state index in [9.17, 15) is 25.8 Å². The number of ether oxygens (including phenoxy) is 3. The maximum absolute atomic E-state index is 12.2. The topological polar surface area (TPSA) is 440 Å². The molecule has 6 fully saturated rings. The van der Waals surface area contributed by atoms with Gasteiger partial charge in [-0.2, -0.15) is 47.3 Å². The summed E-state index contributed by atoms with van der Waals surface area (Å²) in [7, 11) is -5.78. The maximum atomic E-state index is 12.2. The molecule has 0 aliphatic heterocycles. The van der Waals surface area contributed by atoms with Gasteiger partial charge in [-0.25, -0.2) is 45.9 Å². The number of rotatable bonds is 23. The first kappa shape index (κ1) is 114. The van der Waals surface area contributed by atoms with Crippen molar-refractivity contribution in [2.24, 2.45) is 61.8 Å². The van der Waals surface area contributed by atoms with Gasteiger partial charge in [0.2, 0.25) is 12.8 Å². The van der Waals surface area contributed by atoms with Crippen LogP contribution in [-0.4, -0.2) is 130 Å². The molecule has 8 rings (SSSR count). The molecule has 28 nitrogen and oxygen atoms in total. The van der Waals surface area contributed by atoms with Gasteiger partial charge in [0.05, 0.1) is 90.4 Å². The Kier molecular flexibility index (Phi) is 62.1. The van der Waals surface area contributed by atoms with E-state index in [1.54, 1.807) is 34.6 Å². The molecule has 0 bridgehead atoms. The van der Waals surface area contributed by atoms with Crippen molar-refractivity contribution in [1.29, 1.82) is 5.26 Å². The van der Waals surface area contributed by atoms with Gasteiger partial charge in [0, 0.05) is 31.5 Å². The van der Waals surface area contributed by atoms with Crippen LogP contribution in [0.25, 0.3) is 0 Å². The second-order valence-corrected chi connectivity index (χ2v) is 39.7. The molecule has 626 valence electrons. The van der Waals surface area contributed by atoms with Crippen molar-refractivity contribution in [3.05, 3.63) is 52.1 Å². The van der Waals surface area contributed by atoms with Crippen LogP contribution >= 0.6 is 11.8 Å². The number of nitrogens with two attached hydrogens (primary N) is 3. The predicted molar refractivity (Wildman–Crippen MR) is 431 cm³/mol. The molecule has 4 unspecified atom stereocenters. The normalized spacial score (nSPS) is 18.9. The van der Waals surface area contributed by atoms with Crippen molar-refractivity contribution in [2.75, 3.05) is 19.8 Å². The summed E-state index contributed by atoms with van der Waals surface area (Å²) in [5.41, 5.74) is 4.69. The van der Waals surface area contributed by atoms with Crippen LogP contribution < -0.4 is 35.8 Å². The molecule has 2 aromatic rings. The van der Waals surface area contributed by atoms with Crippen molar-refractivity contribution < 1.29 is 83.2 Å². The SMILES string of the molecule is CC(=N[S@@](=O)C(C)(C)C)C1CC1.CC(=O)C1CC1.CC(C#N)(N[S@@](=O)C(C)(C)C)C1CC1.CC(C)(C)[S@@](N)=O.CC(NCl)(c1ncon1)C1CC1.CC(N[S@@](=O)C(C)(C)C)(/C(N)=N/O)C1CC1.CC(N[S@@](=O)C(C)(C)C)(c1ncon1)C1CC1.CCOC(OCC)OCC.NO.[CH2-]C.[CH2-]C.[CH2-]C.[CH2-]C.[O]=[Ti]. The average molecular weight is 1660 g/mol. The Hall–Kier alpha value is -2.47. The van der Waals surface area contributed by atoms with Crippen LogP contribution in [0.2, 0.25) is 0 Å². The van der Waals surface area contributed by atoms with E-state index in [0.717, 1.165) is 77.5 Å². The van der Waals surface area contributed by atoms with Crippen LogP contribution in [0.5, 0.6) is 0 Å². The number of hydrogen-bond donors (Lipinski definition) is 9. The summed E-state index contributed by atoms with van der Waals surface area (Å²) in [5, 5.41) is 40.1. The van der Waals surface area contributed by atoms with Gasteiger partial charge in [0.15, 0.2) is 17.5 Å². The van der Waals surface area contributed by atoms with E-state index in [2.05, 4.69) is 93.0 Å². The minimum absolute atomic E-state index is 0.104. The number of ketones is 1. The summed E-state index contributed by atoms with van der Waals surface area (Å²) in [6, 6.07) is 2.24. The standard InChI is InChI=1S/C11H19N3O2S.C10H21N3O2S.C10H18N2OS.C9H17NOS.C7H10ClN3O.C7H16O3.C5H8O.C4H11NOS.4C2H5.H3NO.O.Ti/c1-10(2,3)17(15)14-11(4,8-5-6-8)9-12-7-16-13-9;1-9(2,3)16(15)13-10(4,7-5-6-7)8(11)12-14;1-9(2,3)14(13)12-10(4,7-11)8-5-6-8;1-7(8-5-6-8)10-12(11)9(2,3)4;1-7(11-8,5-2-3-5)6-9-4-12-10-6;1-4-8-7(9-5-2)10-6-3;1-4(6)5-2-3-5;1-4(2,3)7(5)6;5*1-2;;/h7-8,14H,5-6H2,1-4H3;7,13-14H,5-6H2,1-4H3,(H2,11,12);8,12H,5-6H2,1-4H3;8H,5-6H2,1-4H3;4-5,11H,2-3H2,1H3;7H,4-6H2,1-3H3;5H,2-3H2,1H3;5H2,1-3H3;4*1H2,2H3;2H,1H2;;/q;;;;;;;;4*-1;;;/t11?,17-;10?,16-;10?,14-;12-;;;;7-;;;;;;;/m0000...0......./s1. The number of carbonyl (C=O) groups excluding carboxylic acids is 1. The number of nitriles is 1. The van der Waals surface area contributed by atoms with Crippen molar-refractivity contribution in [1.82, 2.24) is 39.3 Å². The summed E-state index contributed by atoms with van der Waals surface area (Å²) in [6.45, 7) is 67.0. The van der Waals surface area contributed by atoms with Gasteiger partial charge >= 0.3 is 23.7 Å². The number of halogens is 1. The van der Waals surface area contributed by atoms with Gasteiger partial charge in [-0.05, 0) is 285 Å². The third-order valence-electron chi connectivity index (χ3n) is 15.5. The average Bonchev–Trinajstić information content (AvgIpc) is 1.61. The van der Waals surface area contributed by atoms with Crippen LogP contribution in [0.3, 0.4) is 0 Å². The number of nitrogens with zero attached hydrogens (tertiary/aromatic N) is 7. The molecule has 6 saturated carbocycles. The predicted octanol–water partition coefficient (Wildman–Crippen LogP) is 13.5. The fourth-order valence-electron chi connectivity index (χ4n) is 7.62. The molecule has 6 aliphatic rings. The number of carbonyl (C=O) groups is 1. The van der Waals surface area contributed by atoms with E-state index < -0.39 is 78.0 Å². The molecule has 0 saturated heterocycles. The van der Waals surface area contributed by atoms with E-state index in [1.165, 1.54) is 38.5 Å². The first-order valence-electron chi connectivity index (χ1n) is 35.8. The molecule has 0 spiro atoms. The second kappa shape index (κ2) is 57.5. The Morgan fingerprint density at radius 1 is 0.585 bits per heavy atom. The molecular formula is C71H143ClN14O14S5Ti-4. The molecule has 106 heavy (non-hydrogen) atoms. The number of nitrogens with one attached hydrogen (secondary N) is 4. The third-order valence-corrected chi connectivity index (χ3v) is 23.7. The Balaban J connectivity index is -0.000000268. The molecule has 0 radical (unpaired) electrons. The molecule has 0 aromatic carbocycles. The zero-order valence-electron chi connectivity index (χ0n) is 69.7. The summed E-state index contributed by atoms with van der Waals surface area (Å²) in [4.78, 5) is 21.0. The van der Waals surface area contributed by atoms with Crippen LogP contribution in [-0.2, 0) is 109 Å². The van der Waals surface area contributed by atoms with Gasteiger partial charge in [-0.1, -0.05) is 15.5 Å². The monoisotopic (exact) mass is 1660 g/mol. The number of oxime groups is 1. The Morgan fingerprint density at radius 2 is 0.906 bits per heavy atom. The van der Waals surface area contributed by atoms with Crippen LogP contribution in [0.15, 0.2) is 31.4 Å². The van der Waals surface area contributed by atoms with Crippen LogP contribution in [0, 0.1) is 74.5 Å². The van der Waals surface area contributed by atoms with Gasteiger partial charge in [0.25, 0.3) is 6.48 Å². The van der Waals surface area contributed by atoms with E-state index in [0.29, 0.717) is 72.8 Å². The number of amidine groups is 1. The Morgan fingerprint density at radius 3 is 1.14 bits per heavy atom. The van der Waals surface area contributed by atoms with Crippen LogP contribution in [0.1, 0.15) is 283 Å². The van der Waals surface area contributed by atoms with Gasteiger partial charge in [-0.3, -0.25) is 9.93 Å². The van der Waals surface area contributed by atoms with Gasteiger partial charge < -0.3 is 67.1 Å². The summed E-state index contributed by atoms with van der Waals surface area (Å²) >= 11 is 6.41. The van der Waals surface area contributed by atoms with E-state index >= 15 is 0 Å². The van der Waals surface area contributed by atoms with Crippen molar-refractivity contribution in [2.45, 2.75) is 323 Å². The first-order valence-corrected chi connectivity index (χ1v) is 42.6. The van der Waals surface area contributed by atoms with Crippen LogP contribution in [0.4, 0.5) is 0 Å². The van der Waals surface area contributed by atoms with E-state index in [4.69, 9.17) is 60.4 Å². The summed E-state index contributed by atoms with van der Waals surface area (Å²) in [6.07, 6.45) is 16.1. The molecule has 2 aromatic heterocycles. The van der Waals surface area contributed by atoms with E-state index in [1.807, 2.05) is 159 Å². The zero-order valence-corrected chi connectivity index (χ0v) is 76.1. The third kappa shape index (κ3) is 48.5. The second-order valence-electron chi connectivity index (χ2n) is 29.9. The fourth-order valence-corrected chi connectivity index (χ4v) is 11.4. The molecule has 6 aliphatic carbocycles. The minimum atomic E-state index is -1.23. The fraction of sp³-hybridized carbons (Fsp3) is 0.831. The summed E-state index contributed by atoms with van der Waals surface area (Å²) in [5.74, 6) is 7.95. The molecular weight excluding hydrogens is 1520 g/mol. The number of hydrogen-bond acceptors (Lipinski definition) is 22. The molecule has 12 N–H and O–H groups in total. The summed E-state index contributed by atoms with van der Waals surface area (Å²) < 4.78 is 103. The van der Waals surface area contributed by atoms with Crippen molar-refractivity contribution in [3.63, 3.8) is 0 Å². The Labute approximate surface area is 670 Å². The van der Waals surface area contributed by atoms with Crippen molar-refractivity contribution in [3.8, 4) is 6.07 Å². The molecule has 35 heteroatoms. The first-order chi connectivity index (χ1) is 49.1. The van der Waals surface area contributed by atoms with Crippen molar-refractivity contribution >= 4 is 84.0 Å². The quantitative estimate of drug-likeness (QED) is 0.00729. The van der Waals surface area contributed by atoms with Gasteiger partial charge in [0.1, 0.15) is 22.3 Å². The number of aromatic nitrogens is 4.